The van der Waals surface area contributed by atoms with Gasteiger partial charge in [-0.15, -0.1) is 0 Å². The van der Waals surface area contributed by atoms with E-state index in [1.807, 2.05) is 13.8 Å². The zero-order chi connectivity index (χ0) is 34.4. The van der Waals surface area contributed by atoms with Gasteiger partial charge in [-0.05, 0) is 26.0 Å². The molecule has 0 aliphatic carbocycles. The number of hydrogen-bond donors (Lipinski definition) is 1. The molecule has 0 saturated carbocycles. The first-order chi connectivity index (χ1) is 22.9. The van der Waals surface area contributed by atoms with Crippen LogP contribution in [0.2, 0.25) is 10.0 Å². The number of nitrogens with zero attached hydrogens (tertiary/aromatic N) is 6. The average molecular weight is 699 g/mol. The number of benzene rings is 1. The number of fused-ring (bicyclic) bond motifs is 1. The predicted molar refractivity (Wildman–Crippen MR) is 181 cm³/mol. The number of pyridine rings is 1. The zero-order valence-electron chi connectivity index (χ0n) is 27.4. The second-order valence-electron chi connectivity index (χ2n) is 12.9. The Kier molecular flexibility index (Phi) is 9.32. The van der Waals surface area contributed by atoms with Crippen LogP contribution in [0.3, 0.4) is 0 Å². The fourth-order valence-electron chi connectivity index (χ4n) is 6.31. The molecule has 0 radical (unpaired) electrons. The lowest BCUT2D eigenvalue weighted by Crippen LogP contribution is -2.70. The van der Waals surface area contributed by atoms with E-state index in [1.54, 1.807) is 36.4 Å². The Bertz CT molecular complexity index is 1860. The highest BCUT2D eigenvalue weighted by atomic mass is 35.5. The highest BCUT2D eigenvalue weighted by molar-refractivity contribution is 6.41. The van der Waals surface area contributed by atoms with Gasteiger partial charge in [0, 0.05) is 67.4 Å². The highest BCUT2D eigenvalue weighted by Gasteiger charge is 2.52. The van der Waals surface area contributed by atoms with Crippen LogP contribution in [-0.4, -0.2) is 109 Å². The molecule has 48 heavy (non-hydrogen) atoms. The minimum absolute atomic E-state index is 0.116. The van der Waals surface area contributed by atoms with E-state index < -0.39 is 11.1 Å². The van der Waals surface area contributed by atoms with Crippen molar-refractivity contribution in [1.29, 1.82) is 5.26 Å². The van der Waals surface area contributed by atoms with Gasteiger partial charge in [-0.3, -0.25) is 19.1 Å². The van der Waals surface area contributed by atoms with Crippen molar-refractivity contribution in [2.75, 3.05) is 72.6 Å². The highest BCUT2D eigenvalue weighted by Crippen LogP contribution is 2.45. The first-order valence-corrected chi connectivity index (χ1v) is 16.2. The molecule has 1 aromatic carbocycles. The molecular weight excluding hydrogens is 661 g/mol. The van der Waals surface area contributed by atoms with Crippen molar-refractivity contribution in [3.8, 4) is 28.7 Å². The fourth-order valence-corrected chi connectivity index (χ4v) is 7.01. The maximum atomic E-state index is 14.1. The number of methoxy groups -OCH3 is 2. The molecule has 1 N–H and O–H groups in total. The molecule has 254 valence electrons. The Morgan fingerprint density at radius 1 is 1.19 bits per heavy atom. The number of hydrogen-bond acceptors (Lipinski definition) is 11. The maximum Gasteiger partial charge on any atom is 0.264 e. The second kappa shape index (κ2) is 13.2. The first kappa shape index (κ1) is 34.0. The molecule has 3 aliphatic heterocycles. The summed E-state index contributed by atoms with van der Waals surface area (Å²) in [5.41, 5.74) is 0.373. The van der Waals surface area contributed by atoms with Gasteiger partial charge in [-0.1, -0.05) is 23.2 Å². The largest absolute Gasteiger partial charge is 0.495 e. The minimum Gasteiger partial charge on any atom is -0.495 e. The molecule has 3 saturated heterocycles. The van der Waals surface area contributed by atoms with Crippen LogP contribution in [-0.2, 0) is 20.8 Å². The number of carbonyl (C=O) groups is 1. The molecule has 3 aliphatic rings. The summed E-state index contributed by atoms with van der Waals surface area (Å²) in [5.74, 6) is 0.612. The normalized spacial score (nSPS) is 17.8. The van der Waals surface area contributed by atoms with Gasteiger partial charge in [-0.25, -0.2) is 4.98 Å². The summed E-state index contributed by atoms with van der Waals surface area (Å²) in [7, 11) is 4.61. The van der Waals surface area contributed by atoms with Crippen molar-refractivity contribution in [3.05, 3.63) is 50.4 Å². The third-order valence-corrected chi connectivity index (χ3v) is 9.98. The van der Waals surface area contributed by atoms with Gasteiger partial charge in [0.2, 0.25) is 5.95 Å². The molecule has 3 fully saturated rings. The number of halogens is 2. The SMILES string of the molecule is CNc1ncc2cc(-c3c(Cl)c(OC)cc(OC)c3Cl)c(=O)n(CCOC3CN(C(=O)/C(C#N)=C\C(C)(C)N4CC5(COC5)C4)C3)c2n1. The van der Waals surface area contributed by atoms with Gasteiger partial charge in [0.25, 0.3) is 11.5 Å². The van der Waals surface area contributed by atoms with E-state index in [0.29, 0.717) is 41.6 Å². The average Bonchev–Trinajstić information content (AvgIpc) is 3.00. The van der Waals surface area contributed by atoms with Crippen molar-refractivity contribution in [3.63, 3.8) is 0 Å². The molecule has 2 aromatic heterocycles. The Morgan fingerprint density at radius 2 is 1.85 bits per heavy atom. The monoisotopic (exact) mass is 697 g/mol. The van der Waals surface area contributed by atoms with Crippen LogP contribution < -0.4 is 20.3 Å². The van der Waals surface area contributed by atoms with Crippen LogP contribution in [0.15, 0.2) is 34.8 Å². The third kappa shape index (κ3) is 6.08. The number of carbonyl (C=O) groups excluding carboxylic acids is 1. The maximum absolute atomic E-state index is 14.1. The van der Waals surface area contributed by atoms with Crippen molar-refractivity contribution < 1.29 is 23.7 Å². The van der Waals surface area contributed by atoms with Crippen LogP contribution in [0, 0.1) is 16.7 Å². The van der Waals surface area contributed by atoms with Gasteiger partial charge in [0.15, 0.2) is 0 Å². The zero-order valence-corrected chi connectivity index (χ0v) is 28.9. The van der Waals surface area contributed by atoms with E-state index in [4.69, 9.17) is 42.1 Å². The van der Waals surface area contributed by atoms with Gasteiger partial charge >= 0.3 is 0 Å². The molecule has 1 spiro atoms. The minimum atomic E-state index is -0.436. The third-order valence-electron chi connectivity index (χ3n) is 9.23. The van der Waals surface area contributed by atoms with Gasteiger partial charge in [0.05, 0.1) is 62.3 Å². The van der Waals surface area contributed by atoms with E-state index in [1.165, 1.54) is 18.8 Å². The summed E-state index contributed by atoms with van der Waals surface area (Å²) in [4.78, 5) is 40.0. The van der Waals surface area contributed by atoms with E-state index in [-0.39, 0.29) is 57.3 Å². The Labute approximate surface area is 287 Å². The van der Waals surface area contributed by atoms with Crippen molar-refractivity contribution in [1.82, 2.24) is 24.3 Å². The number of nitriles is 1. The Balaban J connectivity index is 1.17. The Morgan fingerprint density at radius 3 is 2.42 bits per heavy atom. The number of rotatable bonds is 11. The number of amides is 1. The van der Waals surface area contributed by atoms with Crippen LogP contribution in [0.5, 0.6) is 11.5 Å². The number of anilines is 1. The molecule has 0 atom stereocenters. The number of aromatic nitrogens is 3. The molecule has 13 nitrogen and oxygen atoms in total. The molecule has 1 amide bonds. The number of ether oxygens (including phenoxy) is 4. The summed E-state index contributed by atoms with van der Waals surface area (Å²) in [6.07, 6.45) is 3.11. The topological polar surface area (TPSA) is 144 Å². The van der Waals surface area contributed by atoms with Crippen molar-refractivity contribution in [2.24, 2.45) is 5.41 Å². The Hall–Kier alpha value is -3.93. The van der Waals surface area contributed by atoms with E-state index >= 15 is 0 Å². The van der Waals surface area contributed by atoms with Crippen LogP contribution >= 0.6 is 23.2 Å². The van der Waals surface area contributed by atoms with Crippen molar-refractivity contribution >= 4 is 46.1 Å². The molecular formula is C33H37Cl2N7O6. The van der Waals surface area contributed by atoms with Crippen LogP contribution in [0.25, 0.3) is 22.2 Å². The lowest BCUT2D eigenvalue weighted by atomic mass is 9.75. The lowest BCUT2D eigenvalue weighted by molar-refractivity contribution is -0.204. The van der Waals surface area contributed by atoms with E-state index in [0.717, 1.165) is 26.3 Å². The molecule has 0 bridgehead atoms. The fraction of sp³-hybridized carbons (Fsp3) is 0.485. The van der Waals surface area contributed by atoms with Crippen LogP contribution in [0.1, 0.15) is 13.8 Å². The second-order valence-corrected chi connectivity index (χ2v) is 13.7. The summed E-state index contributed by atoms with van der Waals surface area (Å²) >= 11 is 13.4. The molecule has 15 heteroatoms. The summed E-state index contributed by atoms with van der Waals surface area (Å²) in [5, 5.41) is 13.6. The van der Waals surface area contributed by atoms with E-state index in [9.17, 15) is 14.9 Å². The first-order valence-electron chi connectivity index (χ1n) is 15.5. The summed E-state index contributed by atoms with van der Waals surface area (Å²) in [6, 6.07) is 5.29. The summed E-state index contributed by atoms with van der Waals surface area (Å²) in [6.45, 7) is 8.31. The standard InChI is InChI=1S/C33H37Cl2N7O6/c1-32(2,41-15-33(16-41)17-47-18-33)10-20(11-36)29(43)40-13-21(14-40)48-7-6-42-28-19(12-38-31(37-3)39-28)8-22(30(42)44)25-26(34)23(45-4)9-24(46-5)27(25)35/h8-10,12,21H,6-7,13-18H2,1-5H3,(H,37,38,39)/b20-10-. The quantitative estimate of drug-likeness (QED) is 0.232. The van der Waals surface area contributed by atoms with Crippen LogP contribution in [0.4, 0.5) is 5.95 Å². The van der Waals surface area contributed by atoms with Gasteiger partial charge < -0.3 is 29.2 Å². The van der Waals surface area contributed by atoms with Gasteiger partial charge in [-0.2, -0.15) is 10.2 Å². The lowest BCUT2D eigenvalue weighted by Gasteiger charge is -2.59. The molecule has 3 aromatic rings. The molecule has 5 heterocycles. The van der Waals surface area contributed by atoms with E-state index in [2.05, 4.69) is 26.3 Å². The molecule has 6 rings (SSSR count). The predicted octanol–water partition coefficient (Wildman–Crippen LogP) is 3.61. The number of nitrogens with one attached hydrogen (secondary N) is 1. The molecule has 0 unspecified atom stereocenters. The van der Waals surface area contributed by atoms with Gasteiger partial charge in [0.1, 0.15) is 28.8 Å². The summed E-state index contributed by atoms with van der Waals surface area (Å²) < 4.78 is 23.8. The number of likely N-dealkylation sites (tertiary alicyclic amines) is 2. The van der Waals surface area contributed by atoms with Crippen molar-refractivity contribution in [2.45, 2.75) is 32.0 Å². The smallest absolute Gasteiger partial charge is 0.264 e.